The minimum Gasteiger partial charge on any atom is -0.322 e. The van der Waals surface area contributed by atoms with Crippen molar-refractivity contribution < 1.29 is 9.72 Å². The number of hydrogen-bond donors (Lipinski definition) is 1. The van der Waals surface area contributed by atoms with Crippen molar-refractivity contribution in [1.82, 2.24) is 4.98 Å². The van der Waals surface area contributed by atoms with E-state index in [9.17, 15) is 14.9 Å². The van der Waals surface area contributed by atoms with Crippen molar-refractivity contribution in [2.24, 2.45) is 0 Å². The molecular formula is C13H10BrN3O3. The molecule has 0 atom stereocenters. The van der Waals surface area contributed by atoms with Gasteiger partial charge in [-0.15, -0.1) is 0 Å². The Hall–Kier alpha value is -2.28. The summed E-state index contributed by atoms with van der Waals surface area (Å²) in [6, 6.07) is 5.77. The van der Waals surface area contributed by atoms with Crippen LogP contribution in [0.1, 0.15) is 15.9 Å². The van der Waals surface area contributed by atoms with Gasteiger partial charge in [-0.05, 0) is 24.6 Å². The molecule has 1 N–H and O–H groups in total. The third kappa shape index (κ3) is 3.18. The first kappa shape index (κ1) is 14.1. The number of halogens is 1. The molecule has 1 heterocycles. The second kappa shape index (κ2) is 5.79. The molecule has 0 radical (unpaired) electrons. The predicted octanol–water partition coefficient (Wildman–Crippen LogP) is 3.31. The average molecular weight is 336 g/mol. The van der Waals surface area contributed by atoms with Gasteiger partial charge < -0.3 is 5.32 Å². The summed E-state index contributed by atoms with van der Waals surface area (Å²) in [5.41, 5.74) is 1.50. The van der Waals surface area contributed by atoms with Gasteiger partial charge in [-0.25, -0.2) is 0 Å². The summed E-state index contributed by atoms with van der Waals surface area (Å²) in [6.07, 6.45) is 3.19. The molecule has 0 saturated heterocycles. The Labute approximate surface area is 123 Å². The first-order valence-electron chi connectivity index (χ1n) is 5.64. The number of non-ortho nitro benzene ring substituents is 1. The number of carbonyl (C=O) groups excluding carboxylic acids is 1. The van der Waals surface area contributed by atoms with E-state index < -0.39 is 10.8 Å². The lowest BCUT2D eigenvalue weighted by Crippen LogP contribution is -2.13. The van der Waals surface area contributed by atoms with Gasteiger partial charge in [0.05, 0.1) is 4.92 Å². The fraction of sp³-hybridized carbons (Fsp3) is 0.0769. The summed E-state index contributed by atoms with van der Waals surface area (Å²) in [4.78, 5) is 26.3. The zero-order chi connectivity index (χ0) is 14.7. The Morgan fingerprint density at radius 3 is 2.80 bits per heavy atom. The fourth-order valence-electron chi connectivity index (χ4n) is 1.62. The van der Waals surface area contributed by atoms with E-state index in [1.807, 2.05) is 6.92 Å². The van der Waals surface area contributed by atoms with Gasteiger partial charge in [0.15, 0.2) is 0 Å². The van der Waals surface area contributed by atoms with Gasteiger partial charge >= 0.3 is 0 Å². The molecule has 2 rings (SSSR count). The molecule has 20 heavy (non-hydrogen) atoms. The van der Waals surface area contributed by atoms with Gasteiger partial charge in [-0.1, -0.05) is 15.9 Å². The molecule has 0 spiro atoms. The maximum atomic E-state index is 12.1. The van der Waals surface area contributed by atoms with Crippen LogP contribution in [0.4, 0.5) is 11.4 Å². The lowest BCUT2D eigenvalue weighted by atomic mass is 10.1. The SMILES string of the molecule is Cc1cnccc1NC(=O)c1cc(Br)cc([N+](=O)[O-])c1. The smallest absolute Gasteiger partial charge is 0.271 e. The Kier molecular flexibility index (Phi) is 4.09. The Morgan fingerprint density at radius 1 is 1.40 bits per heavy atom. The molecule has 1 aromatic heterocycles. The highest BCUT2D eigenvalue weighted by Crippen LogP contribution is 2.22. The number of anilines is 1. The number of aromatic nitrogens is 1. The van der Waals surface area contributed by atoms with Gasteiger partial charge in [0.25, 0.3) is 11.6 Å². The Morgan fingerprint density at radius 2 is 2.15 bits per heavy atom. The molecule has 0 aliphatic heterocycles. The number of carbonyl (C=O) groups is 1. The second-order valence-corrected chi connectivity index (χ2v) is 5.02. The zero-order valence-electron chi connectivity index (χ0n) is 10.5. The number of pyridine rings is 1. The summed E-state index contributed by atoms with van der Waals surface area (Å²) in [5.74, 6) is -0.413. The molecular weight excluding hydrogens is 326 g/mol. The third-order valence-corrected chi connectivity index (χ3v) is 3.08. The number of benzene rings is 1. The molecule has 0 aliphatic carbocycles. The second-order valence-electron chi connectivity index (χ2n) is 4.10. The Balaban J connectivity index is 2.30. The number of hydrogen-bond acceptors (Lipinski definition) is 4. The van der Waals surface area contributed by atoms with Crippen LogP contribution in [0.2, 0.25) is 0 Å². The number of rotatable bonds is 3. The molecule has 7 heteroatoms. The van der Waals surface area contributed by atoms with E-state index in [0.29, 0.717) is 10.2 Å². The van der Waals surface area contributed by atoms with Gasteiger partial charge in [-0.2, -0.15) is 0 Å². The number of aryl methyl sites for hydroxylation is 1. The van der Waals surface area contributed by atoms with Crippen molar-refractivity contribution in [1.29, 1.82) is 0 Å². The maximum Gasteiger partial charge on any atom is 0.271 e. The van der Waals surface area contributed by atoms with E-state index >= 15 is 0 Å². The van der Waals surface area contributed by atoms with E-state index in [1.165, 1.54) is 18.2 Å². The van der Waals surface area contributed by atoms with Gasteiger partial charge in [0, 0.05) is 40.2 Å². The van der Waals surface area contributed by atoms with Gasteiger partial charge in [-0.3, -0.25) is 19.9 Å². The van der Waals surface area contributed by atoms with E-state index in [-0.39, 0.29) is 11.3 Å². The maximum absolute atomic E-state index is 12.1. The van der Waals surface area contributed by atoms with Crippen molar-refractivity contribution in [3.8, 4) is 0 Å². The normalized spacial score (nSPS) is 10.1. The lowest BCUT2D eigenvalue weighted by molar-refractivity contribution is -0.384. The van der Waals surface area contributed by atoms with Crippen LogP contribution in [-0.2, 0) is 0 Å². The summed E-state index contributed by atoms with van der Waals surface area (Å²) >= 11 is 3.16. The molecule has 0 aliphatic rings. The van der Waals surface area contributed by atoms with Crippen LogP contribution in [0, 0.1) is 17.0 Å². The average Bonchev–Trinajstić information content (AvgIpc) is 2.40. The fourth-order valence-corrected chi connectivity index (χ4v) is 2.10. The minimum atomic E-state index is -0.542. The van der Waals surface area contributed by atoms with E-state index in [1.54, 1.807) is 18.5 Å². The third-order valence-electron chi connectivity index (χ3n) is 2.62. The van der Waals surface area contributed by atoms with E-state index in [2.05, 4.69) is 26.2 Å². The highest BCUT2D eigenvalue weighted by Gasteiger charge is 2.14. The van der Waals surface area contributed by atoms with Gasteiger partial charge in [0.2, 0.25) is 0 Å². The topological polar surface area (TPSA) is 85.1 Å². The molecule has 0 fully saturated rings. The van der Waals surface area contributed by atoms with Gasteiger partial charge in [0.1, 0.15) is 0 Å². The molecule has 1 aromatic carbocycles. The van der Waals surface area contributed by atoms with Crippen LogP contribution in [0.5, 0.6) is 0 Å². The number of nitro benzene ring substituents is 1. The Bertz CT molecular complexity index is 688. The summed E-state index contributed by atoms with van der Waals surface area (Å²) in [6.45, 7) is 1.81. The molecule has 0 bridgehead atoms. The highest BCUT2D eigenvalue weighted by molar-refractivity contribution is 9.10. The molecule has 0 unspecified atom stereocenters. The first-order chi connectivity index (χ1) is 9.47. The largest absolute Gasteiger partial charge is 0.322 e. The van der Waals surface area contributed by atoms with E-state index in [4.69, 9.17) is 0 Å². The summed E-state index contributed by atoms with van der Waals surface area (Å²) in [7, 11) is 0. The van der Waals surface area contributed by atoms with Crippen LogP contribution in [0.3, 0.4) is 0 Å². The molecule has 102 valence electrons. The van der Waals surface area contributed by atoms with Crippen molar-refractivity contribution >= 4 is 33.2 Å². The van der Waals surface area contributed by atoms with Crippen molar-refractivity contribution in [3.05, 3.63) is 62.4 Å². The monoisotopic (exact) mass is 335 g/mol. The van der Waals surface area contributed by atoms with Crippen LogP contribution in [-0.4, -0.2) is 15.8 Å². The lowest BCUT2D eigenvalue weighted by Gasteiger charge is -2.08. The van der Waals surface area contributed by atoms with Crippen LogP contribution >= 0.6 is 15.9 Å². The van der Waals surface area contributed by atoms with Crippen LogP contribution < -0.4 is 5.32 Å². The van der Waals surface area contributed by atoms with Crippen LogP contribution in [0.15, 0.2) is 41.1 Å². The van der Waals surface area contributed by atoms with Crippen LogP contribution in [0.25, 0.3) is 0 Å². The summed E-state index contributed by atoms with van der Waals surface area (Å²) < 4.78 is 0.475. The molecule has 0 saturated carbocycles. The molecule has 2 aromatic rings. The van der Waals surface area contributed by atoms with Crippen molar-refractivity contribution in [3.63, 3.8) is 0 Å². The molecule has 6 nitrogen and oxygen atoms in total. The number of nitrogens with zero attached hydrogens (tertiary/aromatic N) is 2. The highest BCUT2D eigenvalue weighted by atomic mass is 79.9. The van der Waals surface area contributed by atoms with Crippen molar-refractivity contribution in [2.45, 2.75) is 6.92 Å². The zero-order valence-corrected chi connectivity index (χ0v) is 12.0. The van der Waals surface area contributed by atoms with E-state index in [0.717, 1.165) is 5.56 Å². The number of amides is 1. The minimum absolute atomic E-state index is 0.143. The number of nitrogens with one attached hydrogen (secondary N) is 1. The first-order valence-corrected chi connectivity index (χ1v) is 6.43. The standard InChI is InChI=1S/C13H10BrN3O3/c1-8-7-15-3-2-12(8)16-13(18)9-4-10(14)6-11(5-9)17(19)20/h2-7H,1H3,(H,15,16,18). The predicted molar refractivity (Wildman–Crippen MR) is 77.7 cm³/mol. The summed E-state index contributed by atoms with van der Waals surface area (Å²) in [5, 5.41) is 13.5. The molecule has 1 amide bonds. The quantitative estimate of drug-likeness (QED) is 0.688. The number of nitro groups is 1. The van der Waals surface area contributed by atoms with Crippen molar-refractivity contribution in [2.75, 3.05) is 5.32 Å².